The van der Waals surface area contributed by atoms with E-state index in [2.05, 4.69) is 0 Å². The largest absolute Gasteiger partial charge is 0.388 e. The maximum Gasteiger partial charge on any atom is 0.129 e. The van der Waals surface area contributed by atoms with Gasteiger partial charge in [0, 0.05) is 22.6 Å². The zero-order valence-corrected chi connectivity index (χ0v) is 10.2. The molecule has 2 rings (SSSR count). The Balaban J connectivity index is 2.27. The molecule has 1 unspecified atom stereocenters. The molecule has 1 N–H and O–H groups in total. The lowest BCUT2D eigenvalue weighted by Gasteiger charge is -2.13. The fourth-order valence-electron chi connectivity index (χ4n) is 1.78. The van der Waals surface area contributed by atoms with Crippen molar-refractivity contribution >= 4 is 11.6 Å². The van der Waals surface area contributed by atoms with Crippen LogP contribution in [0.5, 0.6) is 0 Å². The van der Waals surface area contributed by atoms with Crippen molar-refractivity contribution in [3.05, 3.63) is 70.2 Å². The van der Waals surface area contributed by atoms with Crippen LogP contribution in [0.15, 0.2) is 42.5 Å². The molecule has 0 bridgehead atoms. The molecule has 1 atom stereocenters. The molecule has 94 valence electrons. The molecule has 0 aliphatic rings. The third-order valence-corrected chi connectivity index (χ3v) is 3.08. The topological polar surface area (TPSA) is 20.2 Å². The van der Waals surface area contributed by atoms with Gasteiger partial charge in [-0.25, -0.2) is 8.78 Å². The molecule has 0 radical (unpaired) electrons. The molecule has 0 saturated carbocycles. The Kier molecular flexibility index (Phi) is 3.94. The SMILES string of the molecule is OC(Cc1c(F)cccc1Cl)c1ccccc1F. The van der Waals surface area contributed by atoms with Gasteiger partial charge in [0.1, 0.15) is 11.6 Å². The summed E-state index contributed by atoms with van der Waals surface area (Å²) in [6, 6.07) is 10.1. The fraction of sp³-hybridized carbons (Fsp3) is 0.143. The van der Waals surface area contributed by atoms with E-state index in [1.165, 1.54) is 36.4 Å². The van der Waals surface area contributed by atoms with Crippen LogP contribution < -0.4 is 0 Å². The second kappa shape index (κ2) is 5.46. The fourth-order valence-corrected chi connectivity index (χ4v) is 2.02. The minimum atomic E-state index is -1.12. The summed E-state index contributed by atoms with van der Waals surface area (Å²) in [5.74, 6) is -1.02. The van der Waals surface area contributed by atoms with Crippen molar-refractivity contribution in [1.29, 1.82) is 0 Å². The lowest BCUT2D eigenvalue weighted by molar-refractivity contribution is 0.172. The minimum absolute atomic E-state index is 0.0631. The lowest BCUT2D eigenvalue weighted by atomic mass is 10.0. The molecule has 0 heterocycles. The predicted molar refractivity (Wildman–Crippen MR) is 66.5 cm³/mol. The van der Waals surface area contributed by atoms with Gasteiger partial charge in [0.15, 0.2) is 0 Å². The zero-order valence-electron chi connectivity index (χ0n) is 9.41. The number of hydrogen-bond acceptors (Lipinski definition) is 1. The monoisotopic (exact) mass is 268 g/mol. The van der Waals surface area contributed by atoms with E-state index in [4.69, 9.17) is 11.6 Å². The molecule has 0 saturated heterocycles. The first-order chi connectivity index (χ1) is 8.59. The summed E-state index contributed by atoms with van der Waals surface area (Å²) in [7, 11) is 0. The van der Waals surface area contributed by atoms with Crippen LogP contribution in [0.4, 0.5) is 8.78 Å². The highest BCUT2D eigenvalue weighted by Crippen LogP contribution is 2.26. The summed E-state index contributed by atoms with van der Waals surface area (Å²) in [4.78, 5) is 0. The van der Waals surface area contributed by atoms with Gasteiger partial charge in [0.25, 0.3) is 0 Å². The number of halogens is 3. The molecule has 4 heteroatoms. The Morgan fingerprint density at radius 1 is 1.00 bits per heavy atom. The van der Waals surface area contributed by atoms with Crippen LogP contribution in [0.1, 0.15) is 17.2 Å². The summed E-state index contributed by atoms with van der Waals surface area (Å²) in [5.41, 5.74) is 0.326. The summed E-state index contributed by atoms with van der Waals surface area (Å²) < 4.78 is 27.0. The molecule has 2 aromatic carbocycles. The second-order valence-electron chi connectivity index (χ2n) is 3.94. The van der Waals surface area contributed by atoms with Crippen LogP contribution >= 0.6 is 11.6 Å². The molecular formula is C14H11ClF2O. The van der Waals surface area contributed by atoms with E-state index in [1.54, 1.807) is 6.07 Å². The maximum atomic E-state index is 13.5. The first-order valence-electron chi connectivity index (χ1n) is 5.45. The van der Waals surface area contributed by atoms with Crippen molar-refractivity contribution < 1.29 is 13.9 Å². The summed E-state index contributed by atoms with van der Waals surface area (Å²) >= 11 is 5.86. The average Bonchev–Trinajstić information content (AvgIpc) is 2.34. The van der Waals surface area contributed by atoms with Gasteiger partial charge in [-0.05, 0) is 18.2 Å². The number of hydrogen-bond donors (Lipinski definition) is 1. The normalized spacial score (nSPS) is 12.4. The summed E-state index contributed by atoms with van der Waals surface area (Å²) in [6.45, 7) is 0. The Hall–Kier alpha value is -1.45. The molecule has 0 amide bonds. The Morgan fingerprint density at radius 2 is 1.67 bits per heavy atom. The van der Waals surface area contributed by atoms with Gasteiger partial charge in [0.2, 0.25) is 0 Å². The summed E-state index contributed by atoms with van der Waals surface area (Å²) in [5, 5.41) is 10.2. The molecule has 0 spiro atoms. The summed E-state index contributed by atoms with van der Waals surface area (Å²) in [6.07, 6.45) is -1.19. The van der Waals surface area contributed by atoms with E-state index in [-0.39, 0.29) is 22.6 Å². The van der Waals surface area contributed by atoms with E-state index < -0.39 is 17.7 Å². The average molecular weight is 269 g/mol. The third kappa shape index (κ3) is 2.68. The van der Waals surface area contributed by atoms with E-state index >= 15 is 0 Å². The molecule has 0 aliphatic heterocycles. The van der Waals surface area contributed by atoms with Gasteiger partial charge in [0.05, 0.1) is 6.10 Å². The Bertz CT molecular complexity index is 537. The van der Waals surface area contributed by atoms with E-state index in [0.29, 0.717) is 0 Å². The van der Waals surface area contributed by atoms with Gasteiger partial charge in [-0.1, -0.05) is 35.9 Å². The standard InChI is InChI=1S/C14H11ClF2O/c15-11-5-3-7-13(17)10(11)8-14(18)9-4-1-2-6-12(9)16/h1-7,14,18H,8H2. The molecular weight excluding hydrogens is 258 g/mol. The molecule has 18 heavy (non-hydrogen) atoms. The van der Waals surface area contributed by atoms with Crippen molar-refractivity contribution in [2.75, 3.05) is 0 Å². The van der Waals surface area contributed by atoms with Gasteiger partial charge in [-0.15, -0.1) is 0 Å². The number of benzene rings is 2. The highest BCUT2D eigenvalue weighted by atomic mass is 35.5. The molecule has 0 fully saturated rings. The lowest BCUT2D eigenvalue weighted by Crippen LogP contribution is -2.06. The van der Waals surface area contributed by atoms with Crippen LogP contribution in [0.3, 0.4) is 0 Å². The predicted octanol–water partition coefficient (Wildman–Crippen LogP) is 3.89. The van der Waals surface area contributed by atoms with Crippen LogP contribution in [0.25, 0.3) is 0 Å². The first-order valence-corrected chi connectivity index (χ1v) is 5.82. The van der Waals surface area contributed by atoms with Crippen molar-refractivity contribution in [2.24, 2.45) is 0 Å². The van der Waals surface area contributed by atoms with Gasteiger partial charge >= 0.3 is 0 Å². The molecule has 1 nitrogen and oxygen atoms in total. The maximum absolute atomic E-state index is 13.5. The van der Waals surface area contributed by atoms with Gasteiger partial charge in [-0.2, -0.15) is 0 Å². The van der Waals surface area contributed by atoms with E-state index in [9.17, 15) is 13.9 Å². The number of rotatable bonds is 3. The minimum Gasteiger partial charge on any atom is -0.388 e. The second-order valence-corrected chi connectivity index (χ2v) is 4.35. The van der Waals surface area contributed by atoms with Crippen LogP contribution in [-0.2, 0) is 6.42 Å². The Morgan fingerprint density at radius 3 is 2.33 bits per heavy atom. The van der Waals surface area contributed by atoms with Crippen molar-refractivity contribution in [2.45, 2.75) is 12.5 Å². The van der Waals surface area contributed by atoms with Gasteiger partial charge < -0.3 is 5.11 Å². The smallest absolute Gasteiger partial charge is 0.129 e. The van der Waals surface area contributed by atoms with E-state index in [0.717, 1.165) is 0 Å². The zero-order chi connectivity index (χ0) is 13.1. The van der Waals surface area contributed by atoms with Gasteiger partial charge in [-0.3, -0.25) is 0 Å². The van der Waals surface area contributed by atoms with Crippen molar-refractivity contribution in [3.8, 4) is 0 Å². The molecule has 0 aliphatic carbocycles. The highest BCUT2D eigenvalue weighted by Gasteiger charge is 2.16. The quantitative estimate of drug-likeness (QED) is 0.895. The highest BCUT2D eigenvalue weighted by molar-refractivity contribution is 6.31. The molecule has 0 aromatic heterocycles. The van der Waals surface area contributed by atoms with Crippen molar-refractivity contribution in [1.82, 2.24) is 0 Å². The first kappa shape index (κ1) is 13.0. The van der Waals surface area contributed by atoms with Crippen molar-refractivity contribution in [3.63, 3.8) is 0 Å². The van der Waals surface area contributed by atoms with Crippen LogP contribution in [0, 0.1) is 11.6 Å². The number of aliphatic hydroxyl groups excluding tert-OH is 1. The van der Waals surface area contributed by atoms with Crippen LogP contribution in [-0.4, -0.2) is 5.11 Å². The van der Waals surface area contributed by atoms with Crippen LogP contribution in [0.2, 0.25) is 5.02 Å². The van der Waals surface area contributed by atoms with E-state index in [1.807, 2.05) is 0 Å². The Labute approximate surface area is 109 Å². The number of aliphatic hydroxyl groups is 1. The third-order valence-electron chi connectivity index (χ3n) is 2.72. The molecule has 2 aromatic rings.